The van der Waals surface area contributed by atoms with Crippen molar-refractivity contribution < 1.29 is 19.8 Å². The molecule has 1 heterocycles. The molecule has 0 saturated carbocycles. The molecule has 4 unspecified atom stereocenters. The van der Waals surface area contributed by atoms with Crippen molar-refractivity contribution in [3.05, 3.63) is 144 Å². The third-order valence-electron chi connectivity index (χ3n) is 8.04. The van der Waals surface area contributed by atoms with E-state index >= 15 is 0 Å². The Hall–Kier alpha value is -4.46. The minimum Gasteiger partial charge on any atom is -0.465 e. The zero-order valence-electron chi connectivity index (χ0n) is 23.7. The summed E-state index contributed by atoms with van der Waals surface area (Å²) < 4.78 is 0. The standard InChI is InChI=1S/C35H37N3O4/c1-26-37(25-30-20-12-5-13-21-30)34(40)32(38(26)35(41)42)33(39)31(22-27-14-6-2-7-15-27)36(23-28-16-8-3-9-17-28)24-29-18-10-4-11-19-29/h2-21,26,31-33,39H,22-25H2,1H3,(H,41,42). The van der Waals surface area contributed by atoms with Crippen LogP contribution in [0.1, 0.15) is 29.2 Å². The Morgan fingerprint density at radius 2 is 1.17 bits per heavy atom. The van der Waals surface area contributed by atoms with Crippen LogP contribution in [0.4, 0.5) is 4.79 Å². The Balaban J connectivity index is 1.53. The molecule has 1 aliphatic rings. The molecule has 2 amide bonds. The van der Waals surface area contributed by atoms with Crippen molar-refractivity contribution >= 4 is 12.0 Å². The number of rotatable bonds is 11. The van der Waals surface area contributed by atoms with Gasteiger partial charge in [-0.1, -0.05) is 121 Å². The fourth-order valence-corrected chi connectivity index (χ4v) is 5.89. The van der Waals surface area contributed by atoms with Gasteiger partial charge in [0.2, 0.25) is 5.91 Å². The lowest BCUT2D eigenvalue weighted by molar-refractivity contribution is -0.134. The molecular weight excluding hydrogens is 526 g/mol. The summed E-state index contributed by atoms with van der Waals surface area (Å²) in [6.45, 7) is 3.00. The molecule has 1 saturated heterocycles. The molecule has 4 aromatic carbocycles. The van der Waals surface area contributed by atoms with Crippen molar-refractivity contribution in [2.45, 2.75) is 57.3 Å². The fraction of sp³-hybridized carbons (Fsp3) is 0.257. The summed E-state index contributed by atoms with van der Waals surface area (Å²) >= 11 is 0. The van der Waals surface area contributed by atoms with Crippen molar-refractivity contribution in [2.75, 3.05) is 0 Å². The predicted octanol–water partition coefficient (Wildman–Crippen LogP) is 5.40. The van der Waals surface area contributed by atoms with Crippen LogP contribution in [-0.4, -0.2) is 61.3 Å². The summed E-state index contributed by atoms with van der Waals surface area (Å²) in [5.74, 6) is -0.390. The molecule has 0 aromatic heterocycles. The molecule has 0 radical (unpaired) electrons. The number of nitrogens with zero attached hydrogens (tertiary/aromatic N) is 3. The topological polar surface area (TPSA) is 84.3 Å². The predicted molar refractivity (Wildman–Crippen MR) is 162 cm³/mol. The molecule has 0 bridgehead atoms. The highest BCUT2D eigenvalue weighted by Gasteiger charge is 2.52. The Labute approximate surface area is 247 Å². The molecule has 1 aliphatic heterocycles. The lowest BCUT2D eigenvalue weighted by Crippen LogP contribution is -2.56. The molecule has 2 N–H and O–H groups in total. The van der Waals surface area contributed by atoms with Crippen LogP contribution in [0.3, 0.4) is 0 Å². The molecule has 216 valence electrons. The lowest BCUT2D eigenvalue weighted by atomic mass is 9.93. The normalized spacial score (nSPS) is 18.3. The van der Waals surface area contributed by atoms with Gasteiger partial charge in [0.05, 0.1) is 6.10 Å². The van der Waals surface area contributed by atoms with E-state index in [0.29, 0.717) is 19.5 Å². The Bertz CT molecular complexity index is 1400. The second-order valence-corrected chi connectivity index (χ2v) is 10.8. The maximum Gasteiger partial charge on any atom is 0.409 e. The molecule has 7 heteroatoms. The minimum absolute atomic E-state index is 0.259. The van der Waals surface area contributed by atoms with E-state index in [1.54, 1.807) is 11.8 Å². The first kappa shape index (κ1) is 29.0. The van der Waals surface area contributed by atoms with Crippen LogP contribution < -0.4 is 0 Å². The second kappa shape index (κ2) is 13.5. The van der Waals surface area contributed by atoms with Crippen LogP contribution in [-0.2, 0) is 30.8 Å². The van der Waals surface area contributed by atoms with Crippen molar-refractivity contribution in [3.63, 3.8) is 0 Å². The molecule has 4 aromatic rings. The fourth-order valence-electron chi connectivity index (χ4n) is 5.89. The molecule has 0 aliphatic carbocycles. The van der Waals surface area contributed by atoms with Crippen LogP contribution in [0.5, 0.6) is 0 Å². The number of hydrogen-bond acceptors (Lipinski definition) is 4. The largest absolute Gasteiger partial charge is 0.465 e. The van der Waals surface area contributed by atoms with Gasteiger partial charge in [-0.05, 0) is 35.6 Å². The number of carbonyl (C=O) groups excluding carboxylic acids is 1. The smallest absolute Gasteiger partial charge is 0.409 e. The van der Waals surface area contributed by atoms with Gasteiger partial charge in [0, 0.05) is 25.7 Å². The summed E-state index contributed by atoms with van der Waals surface area (Å²) in [7, 11) is 0. The van der Waals surface area contributed by atoms with Gasteiger partial charge < -0.3 is 15.1 Å². The van der Waals surface area contributed by atoms with E-state index in [-0.39, 0.29) is 6.54 Å². The van der Waals surface area contributed by atoms with Crippen molar-refractivity contribution in [1.82, 2.24) is 14.7 Å². The second-order valence-electron chi connectivity index (χ2n) is 10.8. The highest BCUT2D eigenvalue weighted by atomic mass is 16.4. The van der Waals surface area contributed by atoms with Crippen LogP contribution in [0.15, 0.2) is 121 Å². The van der Waals surface area contributed by atoms with Gasteiger partial charge in [-0.3, -0.25) is 14.6 Å². The number of aliphatic hydroxyl groups is 1. The molecular formula is C35H37N3O4. The van der Waals surface area contributed by atoms with Crippen LogP contribution in [0.2, 0.25) is 0 Å². The van der Waals surface area contributed by atoms with Gasteiger partial charge >= 0.3 is 6.09 Å². The van der Waals surface area contributed by atoms with Gasteiger partial charge in [-0.2, -0.15) is 0 Å². The van der Waals surface area contributed by atoms with Gasteiger partial charge in [0.15, 0.2) is 0 Å². The van der Waals surface area contributed by atoms with Gasteiger partial charge in [0.1, 0.15) is 12.2 Å². The monoisotopic (exact) mass is 563 g/mol. The van der Waals surface area contributed by atoms with Crippen LogP contribution in [0, 0.1) is 0 Å². The zero-order valence-corrected chi connectivity index (χ0v) is 23.7. The highest BCUT2D eigenvalue weighted by molar-refractivity contribution is 5.89. The molecule has 1 fully saturated rings. The summed E-state index contributed by atoms with van der Waals surface area (Å²) in [6.07, 6.45) is -2.81. The number of carboxylic acid groups (broad SMARTS) is 1. The molecule has 7 nitrogen and oxygen atoms in total. The Kier molecular flexibility index (Phi) is 9.31. The van der Waals surface area contributed by atoms with Gasteiger partial charge in [-0.15, -0.1) is 0 Å². The lowest BCUT2D eigenvalue weighted by Gasteiger charge is -2.38. The zero-order chi connectivity index (χ0) is 29.5. The summed E-state index contributed by atoms with van der Waals surface area (Å²) in [5, 5.41) is 22.5. The summed E-state index contributed by atoms with van der Waals surface area (Å²) in [6, 6.07) is 37.5. The summed E-state index contributed by atoms with van der Waals surface area (Å²) in [4.78, 5) is 31.5. The van der Waals surface area contributed by atoms with Crippen LogP contribution >= 0.6 is 0 Å². The van der Waals surface area contributed by atoms with E-state index in [2.05, 4.69) is 4.90 Å². The third-order valence-corrected chi connectivity index (χ3v) is 8.04. The number of benzene rings is 4. The first-order chi connectivity index (χ1) is 20.4. The van der Waals surface area contributed by atoms with Crippen molar-refractivity contribution in [3.8, 4) is 0 Å². The van der Waals surface area contributed by atoms with E-state index in [1.165, 1.54) is 0 Å². The first-order valence-electron chi connectivity index (χ1n) is 14.3. The quantitative estimate of drug-likeness (QED) is 0.255. The number of carbonyl (C=O) groups is 2. The van der Waals surface area contributed by atoms with Gasteiger partial charge in [0.25, 0.3) is 0 Å². The average Bonchev–Trinajstić information content (AvgIpc) is 3.26. The minimum atomic E-state index is -1.29. The van der Waals surface area contributed by atoms with E-state index in [1.807, 2.05) is 121 Å². The maximum absolute atomic E-state index is 14.0. The maximum atomic E-state index is 14.0. The number of amides is 2. The van der Waals surface area contributed by atoms with E-state index < -0.39 is 36.4 Å². The van der Waals surface area contributed by atoms with E-state index in [9.17, 15) is 19.8 Å². The van der Waals surface area contributed by atoms with E-state index in [4.69, 9.17) is 0 Å². The molecule has 0 spiro atoms. The molecule has 5 rings (SSSR count). The van der Waals surface area contributed by atoms with E-state index in [0.717, 1.165) is 27.2 Å². The first-order valence-corrected chi connectivity index (χ1v) is 14.3. The highest BCUT2D eigenvalue weighted by Crippen LogP contribution is 2.30. The summed E-state index contributed by atoms with van der Waals surface area (Å²) in [5.41, 5.74) is 4.01. The van der Waals surface area contributed by atoms with Crippen LogP contribution in [0.25, 0.3) is 0 Å². The van der Waals surface area contributed by atoms with Crippen molar-refractivity contribution in [1.29, 1.82) is 0 Å². The Morgan fingerprint density at radius 1 is 0.738 bits per heavy atom. The molecule has 4 atom stereocenters. The number of hydrogen-bond donors (Lipinski definition) is 2. The Morgan fingerprint density at radius 3 is 1.62 bits per heavy atom. The van der Waals surface area contributed by atoms with Crippen molar-refractivity contribution in [2.24, 2.45) is 0 Å². The SMILES string of the molecule is CC1N(Cc2ccccc2)C(=O)C(C(O)C(Cc2ccccc2)N(Cc2ccccc2)Cc2ccccc2)N1C(=O)O. The number of aliphatic hydroxyl groups excluding tert-OH is 1. The average molecular weight is 564 g/mol. The molecule has 42 heavy (non-hydrogen) atoms. The van der Waals surface area contributed by atoms with Gasteiger partial charge in [-0.25, -0.2) is 4.79 Å². The third kappa shape index (κ3) is 6.70.